The SMILES string of the molecule is COc1ccc(C)cc1C(=O)NNC(=O)CCCOc1ccc(Cl)cc1C. The largest absolute Gasteiger partial charge is 0.496 e. The molecule has 0 aromatic heterocycles. The van der Waals surface area contributed by atoms with E-state index in [1.165, 1.54) is 7.11 Å². The molecule has 0 radical (unpaired) electrons. The molecule has 0 atom stereocenters. The van der Waals surface area contributed by atoms with Gasteiger partial charge in [-0.3, -0.25) is 20.4 Å². The number of aryl methyl sites for hydroxylation is 2. The van der Waals surface area contributed by atoms with Crippen LogP contribution in [0.2, 0.25) is 5.02 Å². The van der Waals surface area contributed by atoms with Crippen LogP contribution in [0.25, 0.3) is 0 Å². The Morgan fingerprint density at radius 1 is 1.04 bits per heavy atom. The summed E-state index contributed by atoms with van der Waals surface area (Å²) in [6, 6.07) is 10.6. The van der Waals surface area contributed by atoms with E-state index in [0.717, 1.165) is 16.9 Å². The number of amides is 2. The number of ether oxygens (including phenoxy) is 2. The molecule has 0 spiro atoms. The first-order chi connectivity index (χ1) is 12.9. The van der Waals surface area contributed by atoms with Gasteiger partial charge in [-0.1, -0.05) is 23.2 Å². The fourth-order valence-corrected chi connectivity index (χ4v) is 2.67. The third-order valence-corrected chi connectivity index (χ3v) is 4.09. The van der Waals surface area contributed by atoms with Gasteiger partial charge in [-0.15, -0.1) is 0 Å². The lowest BCUT2D eigenvalue weighted by Gasteiger charge is -2.11. The highest BCUT2D eigenvalue weighted by Crippen LogP contribution is 2.22. The van der Waals surface area contributed by atoms with Crippen LogP contribution in [0.15, 0.2) is 36.4 Å². The molecule has 6 nitrogen and oxygen atoms in total. The molecule has 2 aromatic carbocycles. The lowest BCUT2D eigenvalue weighted by atomic mass is 10.1. The van der Waals surface area contributed by atoms with Gasteiger partial charge in [0.05, 0.1) is 19.3 Å². The number of carbonyl (C=O) groups excluding carboxylic acids is 2. The highest BCUT2D eigenvalue weighted by atomic mass is 35.5. The van der Waals surface area contributed by atoms with Crippen molar-refractivity contribution in [2.45, 2.75) is 26.7 Å². The standard InChI is InChI=1S/C20H23ClN2O4/c1-13-6-8-18(26-3)16(11-13)20(25)23-22-19(24)5-4-10-27-17-9-7-15(21)12-14(17)2/h6-9,11-12H,4-5,10H2,1-3H3,(H,22,24)(H,23,25). The first kappa shape index (κ1) is 20.6. The van der Waals surface area contributed by atoms with Crippen LogP contribution in [-0.2, 0) is 4.79 Å². The minimum absolute atomic E-state index is 0.220. The summed E-state index contributed by atoms with van der Waals surface area (Å²) in [5, 5.41) is 0.653. The van der Waals surface area contributed by atoms with Gasteiger partial charge in [0.15, 0.2) is 0 Å². The molecule has 27 heavy (non-hydrogen) atoms. The van der Waals surface area contributed by atoms with Crippen molar-refractivity contribution in [1.82, 2.24) is 10.9 Å². The van der Waals surface area contributed by atoms with Crippen LogP contribution in [0, 0.1) is 13.8 Å². The van der Waals surface area contributed by atoms with E-state index in [9.17, 15) is 9.59 Å². The minimum Gasteiger partial charge on any atom is -0.496 e. The third kappa shape index (κ3) is 6.18. The van der Waals surface area contributed by atoms with Crippen LogP contribution in [0.3, 0.4) is 0 Å². The Balaban J connectivity index is 1.74. The third-order valence-electron chi connectivity index (χ3n) is 3.86. The zero-order valence-electron chi connectivity index (χ0n) is 15.6. The number of benzene rings is 2. The Hall–Kier alpha value is -2.73. The topological polar surface area (TPSA) is 76.7 Å². The maximum Gasteiger partial charge on any atom is 0.273 e. The molecule has 0 aliphatic carbocycles. The van der Waals surface area contributed by atoms with Gasteiger partial charge in [-0.2, -0.15) is 0 Å². The number of hydrazine groups is 1. The zero-order chi connectivity index (χ0) is 19.8. The van der Waals surface area contributed by atoms with Crippen molar-refractivity contribution in [3.8, 4) is 11.5 Å². The summed E-state index contributed by atoms with van der Waals surface area (Å²) >= 11 is 5.90. The maximum absolute atomic E-state index is 12.2. The van der Waals surface area contributed by atoms with Crippen molar-refractivity contribution in [3.05, 3.63) is 58.1 Å². The summed E-state index contributed by atoms with van der Waals surface area (Å²) in [5.41, 5.74) is 7.02. The number of halogens is 1. The second kappa shape index (κ2) is 9.83. The van der Waals surface area contributed by atoms with Crippen molar-refractivity contribution in [2.75, 3.05) is 13.7 Å². The van der Waals surface area contributed by atoms with Crippen LogP contribution in [-0.4, -0.2) is 25.5 Å². The van der Waals surface area contributed by atoms with Crippen molar-refractivity contribution in [2.24, 2.45) is 0 Å². The quantitative estimate of drug-likeness (QED) is 0.559. The monoisotopic (exact) mass is 390 g/mol. The molecule has 0 bridgehead atoms. The van der Waals surface area contributed by atoms with Crippen molar-refractivity contribution < 1.29 is 19.1 Å². The van der Waals surface area contributed by atoms with Crippen LogP contribution in [0.1, 0.15) is 34.3 Å². The molecule has 0 saturated carbocycles. The Morgan fingerprint density at radius 2 is 1.78 bits per heavy atom. The van der Waals surface area contributed by atoms with Crippen molar-refractivity contribution in [3.63, 3.8) is 0 Å². The van der Waals surface area contributed by atoms with Gasteiger partial charge in [0.1, 0.15) is 11.5 Å². The van der Waals surface area contributed by atoms with Crippen LogP contribution < -0.4 is 20.3 Å². The molecular weight excluding hydrogens is 368 g/mol. The van der Waals surface area contributed by atoms with Crippen LogP contribution >= 0.6 is 11.6 Å². The molecule has 144 valence electrons. The summed E-state index contributed by atoms with van der Waals surface area (Å²) in [6.07, 6.45) is 0.732. The van der Waals surface area contributed by atoms with E-state index in [2.05, 4.69) is 10.9 Å². The summed E-state index contributed by atoms with van der Waals surface area (Å²) in [5.74, 6) is 0.446. The Morgan fingerprint density at radius 3 is 2.48 bits per heavy atom. The fourth-order valence-electron chi connectivity index (χ4n) is 2.45. The molecule has 0 unspecified atom stereocenters. The number of rotatable bonds is 7. The van der Waals surface area contributed by atoms with Gasteiger partial charge in [-0.05, 0) is 56.2 Å². The number of methoxy groups -OCH3 is 1. The van der Waals surface area contributed by atoms with E-state index in [-0.39, 0.29) is 12.3 Å². The summed E-state index contributed by atoms with van der Waals surface area (Å²) in [4.78, 5) is 24.1. The van der Waals surface area contributed by atoms with Crippen molar-refractivity contribution in [1.29, 1.82) is 0 Å². The molecule has 0 saturated heterocycles. The molecule has 2 N–H and O–H groups in total. The number of carbonyl (C=O) groups is 2. The maximum atomic E-state index is 12.2. The molecule has 7 heteroatoms. The van der Waals surface area contributed by atoms with Crippen LogP contribution in [0.4, 0.5) is 0 Å². The highest BCUT2D eigenvalue weighted by molar-refractivity contribution is 6.30. The first-order valence-corrected chi connectivity index (χ1v) is 8.91. The van der Waals surface area contributed by atoms with E-state index in [1.807, 2.05) is 26.0 Å². The van der Waals surface area contributed by atoms with Gasteiger partial charge < -0.3 is 9.47 Å². The van der Waals surface area contributed by atoms with E-state index in [1.54, 1.807) is 24.3 Å². The second-order valence-electron chi connectivity index (χ2n) is 6.07. The Kier molecular flexibility index (Phi) is 7.49. The zero-order valence-corrected chi connectivity index (χ0v) is 16.4. The fraction of sp³-hybridized carbons (Fsp3) is 0.300. The molecule has 2 rings (SSSR count). The molecule has 0 fully saturated rings. The smallest absolute Gasteiger partial charge is 0.273 e. The van der Waals surface area contributed by atoms with Gasteiger partial charge in [-0.25, -0.2) is 0 Å². The average Bonchev–Trinajstić information content (AvgIpc) is 2.64. The predicted molar refractivity (Wildman–Crippen MR) is 104 cm³/mol. The molecule has 2 aromatic rings. The highest BCUT2D eigenvalue weighted by Gasteiger charge is 2.13. The van der Waals surface area contributed by atoms with E-state index in [0.29, 0.717) is 29.4 Å². The number of nitrogens with one attached hydrogen (secondary N) is 2. The van der Waals surface area contributed by atoms with Gasteiger partial charge in [0.2, 0.25) is 5.91 Å². The predicted octanol–water partition coefficient (Wildman–Crippen LogP) is 3.59. The molecule has 0 aliphatic rings. The lowest BCUT2D eigenvalue weighted by Crippen LogP contribution is -2.41. The number of hydrogen-bond donors (Lipinski definition) is 2. The lowest BCUT2D eigenvalue weighted by molar-refractivity contribution is -0.122. The van der Waals surface area contributed by atoms with Crippen LogP contribution in [0.5, 0.6) is 11.5 Å². The normalized spacial score (nSPS) is 10.2. The van der Waals surface area contributed by atoms with Crippen molar-refractivity contribution >= 4 is 23.4 Å². The second-order valence-corrected chi connectivity index (χ2v) is 6.50. The average molecular weight is 391 g/mol. The van der Waals surface area contributed by atoms with E-state index >= 15 is 0 Å². The molecular formula is C20H23ClN2O4. The van der Waals surface area contributed by atoms with E-state index in [4.69, 9.17) is 21.1 Å². The Bertz CT molecular complexity index is 824. The molecule has 0 aliphatic heterocycles. The van der Waals surface area contributed by atoms with E-state index < -0.39 is 5.91 Å². The minimum atomic E-state index is -0.433. The number of hydrogen-bond acceptors (Lipinski definition) is 4. The first-order valence-electron chi connectivity index (χ1n) is 8.53. The Labute approximate surface area is 163 Å². The summed E-state index contributed by atoms with van der Waals surface area (Å²) in [7, 11) is 1.49. The summed E-state index contributed by atoms with van der Waals surface area (Å²) < 4.78 is 10.8. The van der Waals surface area contributed by atoms with Gasteiger partial charge in [0.25, 0.3) is 5.91 Å². The molecule has 2 amide bonds. The molecule has 0 heterocycles. The summed E-state index contributed by atoms with van der Waals surface area (Å²) in [6.45, 7) is 4.16. The van der Waals surface area contributed by atoms with Gasteiger partial charge in [0, 0.05) is 11.4 Å². The van der Waals surface area contributed by atoms with Gasteiger partial charge >= 0.3 is 0 Å².